The van der Waals surface area contributed by atoms with Crippen LogP contribution in [-0.2, 0) is 25.6 Å². The van der Waals surface area contributed by atoms with Crippen LogP contribution in [0.4, 0.5) is 0 Å². The van der Waals surface area contributed by atoms with Crippen molar-refractivity contribution in [3.8, 4) is 0 Å². The van der Waals surface area contributed by atoms with Crippen molar-refractivity contribution in [2.75, 3.05) is 0 Å². The van der Waals surface area contributed by atoms with Crippen LogP contribution < -0.4 is 14.7 Å². The van der Waals surface area contributed by atoms with Gasteiger partial charge in [-0.2, -0.15) is 7.82 Å². The van der Waals surface area contributed by atoms with Gasteiger partial charge in [-0.25, -0.2) is 0 Å². The molecular weight excluding hydrogens is 162 g/mol. The van der Waals surface area contributed by atoms with Crippen LogP contribution in [0.1, 0.15) is 0 Å². The summed E-state index contributed by atoms with van der Waals surface area (Å²) in [5, 5.41) is 0. The van der Waals surface area contributed by atoms with Gasteiger partial charge in [-0.3, -0.25) is 0 Å². The van der Waals surface area contributed by atoms with Crippen molar-refractivity contribution in [3.05, 3.63) is 0 Å². The van der Waals surface area contributed by atoms with Gasteiger partial charge in [-0.05, 0) is 0 Å². The molecule has 0 heterocycles. The van der Waals surface area contributed by atoms with E-state index in [0.29, 0.717) is 0 Å². The predicted octanol–water partition coefficient (Wildman–Crippen LogP) is -2.95. The molecule has 0 atom stereocenters. The number of rotatable bonds is 0. The number of hydrogen-bond acceptors (Lipinski definition) is 5. The minimum absolute atomic E-state index is 1.06. The second-order valence-electron chi connectivity index (χ2n) is 0.447. The molecule has 0 aromatic rings. The van der Waals surface area contributed by atoms with E-state index in [2.05, 4.69) is 0 Å². The average Bonchev–Trinajstić information content (AvgIpc) is 1.36. The van der Waals surface area contributed by atoms with E-state index in [1.807, 2.05) is 0 Å². The molecule has 5 nitrogen and oxygen atoms in total. The molecule has 0 fully saturated rings. The molecule has 0 aliphatic rings. The van der Waals surface area contributed by atoms with Crippen molar-refractivity contribution in [2.45, 2.75) is 0 Å². The Kier molecular flexibility index (Phi) is 6.95. The van der Waals surface area contributed by atoms with Crippen LogP contribution in [0.2, 0.25) is 0 Å². The number of phosphoric acid groups is 1. The van der Waals surface area contributed by atoms with Crippen molar-refractivity contribution in [3.63, 3.8) is 0 Å². The van der Waals surface area contributed by atoms with Crippen LogP contribution >= 0.6 is 7.82 Å². The second kappa shape index (κ2) is 4.65. The van der Waals surface area contributed by atoms with Crippen LogP contribution in [0.25, 0.3) is 0 Å². The van der Waals surface area contributed by atoms with Crippen LogP contribution in [0, 0.1) is 0 Å². The molecule has 40 valence electrons. The molecule has 7 heteroatoms. The molecular formula is O5PV. The van der Waals surface area contributed by atoms with E-state index in [0.717, 1.165) is 17.4 Å². The molecule has 7 heavy (non-hydrogen) atoms. The molecule has 0 aromatic heterocycles. The SMILES string of the molecule is O=P([O-])([O-])[O-].[O]=[V+3]. The first kappa shape index (κ1) is 10.5. The Morgan fingerprint density at radius 3 is 1.14 bits per heavy atom. The molecule has 0 rings (SSSR count). The molecule has 0 N–H and O–H groups in total. The molecule has 0 aromatic carbocycles. The molecule has 0 radical (unpaired) electrons. The molecule has 0 spiro atoms. The number of hydrogen-bond donors (Lipinski definition) is 0. The third-order valence-electron chi connectivity index (χ3n) is 0. The van der Waals surface area contributed by atoms with Gasteiger partial charge in [-0.15, -0.1) is 0 Å². The summed E-state index contributed by atoms with van der Waals surface area (Å²) in [5.74, 6) is 0. The van der Waals surface area contributed by atoms with Gasteiger partial charge in [-0.1, -0.05) is 0 Å². The molecule has 0 unspecified atom stereocenters. The first-order chi connectivity index (χ1) is 3.00. The van der Waals surface area contributed by atoms with Crippen LogP contribution in [-0.4, -0.2) is 0 Å². The van der Waals surface area contributed by atoms with Crippen molar-refractivity contribution in [2.24, 2.45) is 0 Å². The van der Waals surface area contributed by atoms with Gasteiger partial charge >= 0.3 is 21.0 Å². The summed E-state index contributed by atoms with van der Waals surface area (Å²) in [6.07, 6.45) is 0. The van der Waals surface area contributed by atoms with Gasteiger partial charge in [0, 0.05) is 0 Å². The van der Waals surface area contributed by atoms with Gasteiger partial charge in [0.1, 0.15) is 0 Å². The van der Waals surface area contributed by atoms with E-state index < -0.39 is 7.82 Å². The van der Waals surface area contributed by atoms with Gasteiger partial charge in [0.05, 0.1) is 0 Å². The van der Waals surface area contributed by atoms with Crippen LogP contribution in [0.15, 0.2) is 0 Å². The summed E-state index contributed by atoms with van der Waals surface area (Å²) in [5.41, 5.74) is 0. The summed E-state index contributed by atoms with van der Waals surface area (Å²) in [7, 11) is -5.39. The summed E-state index contributed by atoms with van der Waals surface area (Å²) in [6.45, 7) is 0. The second-order valence-corrected chi connectivity index (χ2v) is 1.34. The van der Waals surface area contributed by atoms with Gasteiger partial charge in [0.25, 0.3) is 0 Å². The van der Waals surface area contributed by atoms with Gasteiger partial charge in [0.2, 0.25) is 0 Å². The zero-order valence-corrected chi connectivity index (χ0v) is 5.23. The fourth-order valence-corrected chi connectivity index (χ4v) is 0. The molecule has 0 saturated carbocycles. The topological polar surface area (TPSA) is 103 Å². The Labute approximate surface area is 48.8 Å². The average molecular weight is 162 g/mol. The molecule has 0 aliphatic carbocycles. The van der Waals surface area contributed by atoms with Crippen LogP contribution in [0.3, 0.4) is 0 Å². The van der Waals surface area contributed by atoms with E-state index in [9.17, 15) is 0 Å². The van der Waals surface area contributed by atoms with Crippen molar-refractivity contribution < 1.29 is 40.3 Å². The van der Waals surface area contributed by atoms with Crippen molar-refractivity contribution in [1.29, 1.82) is 0 Å². The fourth-order valence-electron chi connectivity index (χ4n) is 0. The Morgan fingerprint density at radius 1 is 1.14 bits per heavy atom. The Hall–Kier alpha value is 0.494. The summed E-state index contributed by atoms with van der Waals surface area (Å²) >= 11 is 1.06. The van der Waals surface area contributed by atoms with Crippen molar-refractivity contribution in [1.82, 2.24) is 0 Å². The zero-order valence-electron chi connectivity index (χ0n) is 2.94. The molecule has 0 aliphatic heterocycles. The Balaban J connectivity index is 0. The van der Waals surface area contributed by atoms with E-state index >= 15 is 0 Å². The van der Waals surface area contributed by atoms with E-state index in [-0.39, 0.29) is 0 Å². The van der Waals surface area contributed by atoms with Crippen molar-refractivity contribution >= 4 is 7.82 Å². The normalized spacial score (nSPS) is 9.29. The maximum absolute atomic E-state index is 8.55. The standard InChI is InChI=1S/H3O4P.O.V/c1-5(2,3)4;;/h(H3,1,2,3,4);;/q;;+3/p-3. The zero-order chi connectivity index (χ0) is 6.50. The van der Waals surface area contributed by atoms with Gasteiger partial charge < -0.3 is 19.2 Å². The molecule has 0 saturated heterocycles. The van der Waals surface area contributed by atoms with E-state index in [1.54, 1.807) is 0 Å². The Bertz CT molecular complexity index is 63.9. The monoisotopic (exact) mass is 162 g/mol. The van der Waals surface area contributed by atoms with Gasteiger partial charge in [0.15, 0.2) is 0 Å². The fraction of sp³-hybridized carbons (Fsp3) is 0. The third-order valence-corrected chi connectivity index (χ3v) is 0. The Morgan fingerprint density at radius 2 is 1.14 bits per heavy atom. The maximum atomic E-state index is 8.55. The quantitative estimate of drug-likeness (QED) is 0.354. The summed E-state index contributed by atoms with van der Waals surface area (Å²) < 4.78 is 16.7. The predicted molar refractivity (Wildman–Crippen MR) is 8.29 cm³/mol. The first-order valence-corrected chi connectivity index (χ1v) is 2.94. The molecule has 0 amide bonds. The minimum atomic E-state index is -5.39. The summed E-state index contributed by atoms with van der Waals surface area (Å²) in [4.78, 5) is 25.6. The first-order valence-electron chi connectivity index (χ1n) is 0.913. The van der Waals surface area contributed by atoms with E-state index in [1.165, 1.54) is 0 Å². The molecule has 0 bridgehead atoms. The van der Waals surface area contributed by atoms with E-state index in [4.69, 9.17) is 22.9 Å². The summed E-state index contributed by atoms with van der Waals surface area (Å²) in [6, 6.07) is 0. The van der Waals surface area contributed by atoms with Crippen LogP contribution in [0.5, 0.6) is 0 Å². The third kappa shape index (κ3) is 537.